The van der Waals surface area contributed by atoms with Crippen molar-refractivity contribution >= 4 is 82.0 Å². The Kier molecular flexibility index (Phi) is 8.89. The predicted molar refractivity (Wildman–Crippen MR) is 282 cm³/mol. The number of para-hydroxylation sites is 2. The van der Waals surface area contributed by atoms with Gasteiger partial charge in [0.25, 0.3) is 0 Å². The zero-order valence-corrected chi connectivity index (χ0v) is 36.1. The lowest BCUT2D eigenvalue weighted by atomic mass is 9.92. The lowest BCUT2D eigenvalue weighted by Crippen LogP contribution is -2.09. The summed E-state index contributed by atoms with van der Waals surface area (Å²) in [5, 5.41) is 12.8. The number of fused-ring (bicyclic) bond motifs is 11. The van der Waals surface area contributed by atoms with Gasteiger partial charge in [-0.3, -0.25) is 0 Å². The molecule has 13 aromatic rings. The van der Waals surface area contributed by atoms with E-state index in [0.717, 1.165) is 28.3 Å². The van der Waals surface area contributed by atoms with Crippen molar-refractivity contribution in [1.82, 2.24) is 4.57 Å². The van der Waals surface area contributed by atoms with Crippen molar-refractivity contribution in [1.29, 1.82) is 0 Å². The van der Waals surface area contributed by atoms with Gasteiger partial charge in [0.15, 0.2) is 0 Å². The fourth-order valence-electron chi connectivity index (χ4n) is 10.5. The second-order valence-corrected chi connectivity index (χ2v) is 17.2. The van der Waals surface area contributed by atoms with Gasteiger partial charge in [-0.15, -0.1) is 0 Å². The molecule has 0 aliphatic carbocycles. The normalized spacial score (nSPS) is 11.6. The average Bonchev–Trinajstić information content (AvgIpc) is 3.74. The van der Waals surface area contributed by atoms with Crippen molar-refractivity contribution < 1.29 is 0 Å². The third-order valence-corrected chi connectivity index (χ3v) is 13.6. The summed E-state index contributed by atoms with van der Waals surface area (Å²) in [4.78, 5) is 2.37. The molecule has 0 aliphatic heterocycles. The van der Waals surface area contributed by atoms with E-state index in [1.807, 2.05) is 0 Å². The van der Waals surface area contributed by atoms with E-state index in [1.165, 1.54) is 92.7 Å². The maximum atomic E-state index is 2.45. The highest BCUT2D eigenvalue weighted by atomic mass is 15.1. The molecular formula is C64H42N2. The molecular weight excluding hydrogens is 797 g/mol. The quantitative estimate of drug-likeness (QED) is 0.145. The highest BCUT2D eigenvalue weighted by Gasteiger charge is 2.19. The molecule has 1 aromatic heterocycles. The summed E-state index contributed by atoms with van der Waals surface area (Å²) in [6.45, 7) is 0. The lowest BCUT2D eigenvalue weighted by Gasteiger charge is -2.26. The smallest absolute Gasteiger partial charge is 0.0547 e. The second-order valence-electron chi connectivity index (χ2n) is 17.2. The van der Waals surface area contributed by atoms with Crippen molar-refractivity contribution in [2.45, 2.75) is 0 Å². The van der Waals surface area contributed by atoms with Crippen LogP contribution in [0.2, 0.25) is 0 Å². The van der Waals surface area contributed by atoms with Crippen LogP contribution in [0.4, 0.5) is 17.1 Å². The molecule has 0 radical (unpaired) electrons. The monoisotopic (exact) mass is 838 g/mol. The van der Waals surface area contributed by atoms with Gasteiger partial charge in [0.1, 0.15) is 0 Å². The minimum atomic E-state index is 1.09. The van der Waals surface area contributed by atoms with Crippen LogP contribution in [-0.4, -0.2) is 4.57 Å². The zero-order chi connectivity index (χ0) is 43.6. The van der Waals surface area contributed by atoms with Gasteiger partial charge in [-0.25, -0.2) is 0 Å². The molecule has 2 heteroatoms. The molecule has 0 spiro atoms. The first-order valence-electron chi connectivity index (χ1n) is 22.8. The highest BCUT2D eigenvalue weighted by Crippen LogP contribution is 2.42. The Morgan fingerprint density at radius 3 is 1.36 bits per heavy atom. The molecule has 0 aliphatic rings. The van der Waals surface area contributed by atoms with Gasteiger partial charge < -0.3 is 9.47 Å². The summed E-state index contributed by atoms with van der Waals surface area (Å²) in [6, 6.07) is 93.1. The molecule has 0 saturated heterocycles. The van der Waals surface area contributed by atoms with E-state index in [2.05, 4.69) is 264 Å². The minimum absolute atomic E-state index is 1.09. The molecule has 0 N–H and O–H groups in total. The van der Waals surface area contributed by atoms with Gasteiger partial charge >= 0.3 is 0 Å². The third-order valence-electron chi connectivity index (χ3n) is 13.6. The molecule has 0 amide bonds. The number of hydrogen-bond acceptors (Lipinski definition) is 1. The SMILES string of the molecule is c1ccc(-c2ccc(N(c3ccc(-c4ccc5c6ccccc6c6ccccc6c5c4)cc3)c3ccc(-c4ccccc4-n4c5ccccc5c5c6ccccc6ccc54)cc3)cc2)cc1. The molecule has 308 valence electrons. The number of nitrogens with zero attached hydrogens (tertiary/aromatic N) is 2. The molecule has 66 heavy (non-hydrogen) atoms. The van der Waals surface area contributed by atoms with Crippen LogP contribution in [-0.2, 0) is 0 Å². The van der Waals surface area contributed by atoms with Crippen LogP contribution in [0.5, 0.6) is 0 Å². The maximum Gasteiger partial charge on any atom is 0.0547 e. The Balaban J connectivity index is 0.907. The summed E-state index contributed by atoms with van der Waals surface area (Å²) >= 11 is 0. The standard InChI is InChI=1S/C64H42N2/c1-2-14-43(15-3-1)44-26-34-49(35-27-44)65(50-36-28-45(29-37-50)48-32-40-58-56-21-7-6-19-54(56)55-20-8-9-22-57(55)60(58)42-48)51-38-30-47(31-39-51)52-17-10-12-24-61(52)66-62-25-13-11-23-59(62)64-53-18-5-4-16-46(53)33-41-63(64)66/h1-42H. The highest BCUT2D eigenvalue weighted by molar-refractivity contribution is 6.26. The molecule has 0 unspecified atom stereocenters. The van der Waals surface area contributed by atoms with E-state index in [0.29, 0.717) is 0 Å². The summed E-state index contributed by atoms with van der Waals surface area (Å²) in [6.07, 6.45) is 0. The van der Waals surface area contributed by atoms with Crippen LogP contribution in [0.1, 0.15) is 0 Å². The lowest BCUT2D eigenvalue weighted by molar-refractivity contribution is 1.18. The second kappa shape index (κ2) is 15.5. The van der Waals surface area contributed by atoms with E-state index in [9.17, 15) is 0 Å². The van der Waals surface area contributed by atoms with Crippen LogP contribution in [0.25, 0.3) is 104 Å². The first-order valence-corrected chi connectivity index (χ1v) is 22.8. The number of aromatic nitrogens is 1. The first-order chi connectivity index (χ1) is 32.7. The Labute approximate surface area is 383 Å². The van der Waals surface area contributed by atoms with Crippen molar-refractivity contribution in [2.24, 2.45) is 0 Å². The summed E-state index contributed by atoms with van der Waals surface area (Å²) in [5.41, 5.74) is 14.0. The number of anilines is 3. The molecule has 12 aromatic carbocycles. The first kappa shape index (κ1) is 37.8. The number of rotatable bonds is 7. The Bertz CT molecular complexity index is 3920. The maximum absolute atomic E-state index is 2.45. The fraction of sp³-hybridized carbons (Fsp3) is 0. The van der Waals surface area contributed by atoms with Crippen molar-refractivity contribution in [3.63, 3.8) is 0 Å². The van der Waals surface area contributed by atoms with E-state index in [1.54, 1.807) is 0 Å². The summed E-state index contributed by atoms with van der Waals surface area (Å²) < 4.78 is 2.45. The van der Waals surface area contributed by atoms with Gasteiger partial charge in [-0.2, -0.15) is 0 Å². The third kappa shape index (κ3) is 6.18. The van der Waals surface area contributed by atoms with Crippen LogP contribution in [0.15, 0.2) is 255 Å². The predicted octanol–water partition coefficient (Wildman–Crippen LogP) is 17.9. The van der Waals surface area contributed by atoms with E-state index >= 15 is 0 Å². The van der Waals surface area contributed by atoms with Crippen molar-refractivity contribution in [3.8, 4) is 39.1 Å². The number of benzene rings is 12. The van der Waals surface area contributed by atoms with Crippen LogP contribution < -0.4 is 4.90 Å². The minimum Gasteiger partial charge on any atom is -0.311 e. The molecule has 0 bridgehead atoms. The van der Waals surface area contributed by atoms with Gasteiger partial charge in [-0.1, -0.05) is 194 Å². The molecule has 2 nitrogen and oxygen atoms in total. The van der Waals surface area contributed by atoms with Crippen LogP contribution in [0.3, 0.4) is 0 Å². The topological polar surface area (TPSA) is 8.17 Å². The van der Waals surface area contributed by atoms with Crippen molar-refractivity contribution in [3.05, 3.63) is 255 Å². The fourth-order valence-corrected chi connectivity index (χ4v) is 10.5. The van der Waals surface area contributed by atoms with Crippen molar-refractivity contribution in [2.75, 3.05) is 4.90 Å². The summed E-state index contributed by atoms with van der Waals surface area (Å²) in [5.74, 6) is 0. The van der Waals surface area contributed by atoms with E-state index in [-0.39, 0.29) is 0 Å². The molecule has 0 saturated carbocycles. The Hall–Kier alpha value is -8.72. The summed E-state index contributed by atoms with van der Waals surface area (Å²) in [7, 11) is 0. The van der Waals surface area contributed by atoms with Gasteiger partial charge in [0, 0.05) is 33.4 Å². The van der Waals surface area contributed by atoms with Gasteiger partial charge in [0.05, 0.1) is 16.7 Å². The molecule has 0 fully saturated rings. The average molecular weight is 839 g/mol. The largest absolute Gasteiger partial charge is 0.311 e. The zero-order valence-electron chi connectivity index (χ0n) is 36.1. The van der Waals surface area contributed by atoms with Gasteiger partial charge in [0.2, 0.25) is 0 Å². The number of hydrogen-bond donors (Lipinski definition) is 0. The van der Waals surface area contributed by atoms with E-state index in [4.69, 9.17) is 0 Å². The van der Waals surface area contributed by atoms with Crippen LogP contribution >= 0.6 is 0 Å². The van der Waals surface area contributed by atoms with E-state index < -0.39 is 0 Å². The molecule has 0 atom stereocenters. The Morgan fingerprint density at radius 2 is 0.712 bits per heavy atom. The molecule has 1 heterocycles. The Morgan fingerprint density at radius 1 is 0.258 bits per heavy atom. The molecule has 13 rings (SSSR count). The van der Waals surface area contributed by atoms with Crippen LogP contribution in [0, 0.1) is 0 Å². The van der Waals surface area contributed by atoms with Gasteiger partial charge in [-0.05, 0) is 132 Å².